The van der Waals surface area contributed by atoms with Gasteiger partial charge in [0.25, 0.3) is 5.91 Å². The molecule has 1 N–H and O–H groups in total. The first-order chi connectivity index (χ1) is 10.3. The normalized spacial score (nSPS) is 11.0. The van der Waals surface area contributed by atoms with Crippen molar-refractivity contribution in [3.63, 3.8) is 0 Å². The fourth-order valence-corrected chi connectivity index (χ4v) is 2.94. The lowest BCUT2D eigenvalue weighted by Gasteiger charge is -2.02. The SMILES string of the molecule is O=C(Nc1ccc2ncsc2c1)c1cc2ccccc2o1. The van der Waals surface area contributed by atoms with Gasteiger partial charge in [-0.2, -0.15) is 0 Å². The first-order valence-corrected chi connectivity index (χ1v) is 7.31. The number of fused-ring (bicyclic) bond motifs is 2. The molecule has 2 heterocycles. The number of nitrogens with one attached hydrogen (secondary N) is 1. The van der Waals surface area contributed by atoms with Crippen LogP contribution in [0.2, 0.25) is 0 Å². The summed E-state index contributed by atoms with van der Waals surface area (Å²) in [6, 6.07) is 14.9. The Bertz CT molecular complexity index is 922. The maximum atomic E-state index is 12.2. The number of amides is 1. The van der Waals surface area contributed by atoms with E-state index in [9.17, 15) is 4.79 Å². The molecule has 1 amide bonds. The van der Waals surface area contributed by atoms with Crippen LogP contribution in [0.3, 0.4) is 0 Å². The number of hydrogen-bond donors (Lipinski definition) is 1. The maximum Gasteiger partial charge on any atom is 0.291 e. The molecule has 4 aromatic rings. The molecule has 4 nitrogen and oxygen atoms in total. The van der Waals surface area contributed by atoms with Gasteiger partial charge in [-0.1, -0.05) is 18.2 Å². The van der Waals surface area contributed by atoms with Gasteiger partial charge in [-0.15, -0.1) is 11.3 Å². The van der Waals surface area contributed by atoms with Crippen molar-refractivity contribution in [2.45, 2.75) is 0 Å². The van der Waals surface area contributed by atoms with Crippen LogP contribution in [0.25, 0.3) is 21.2 Å². The molecule has 0 aliphatic rings. The number of benzene rings is 2. The van der Waals surface area contributed by atoms with Crippen molar-refractivity contribution in [2.24, 2.45) is 0 Å². The largest absolute Gasteiger partial charge is 0.451 e. The van der Waals surface area contributed by atoms with Crippen LogP contribution in [0.15, 0.2) is 58.5 Å². The molecule has 0 unspecified atom stereocenters. The first-order valence-electron chi connectivity index (χ1n) is 6.43. The number of carbonyl (C=O) groups excluding carboxylic acids is 1. The second-order valence-electron chi connectivity index (χ2n) is 4.64. The molecule has 0 saturated carbocycles. The van der Waals surface area contributed by atoms with E-state index in [1.807, 2.05) is 42.5 Å². The Morgan fingerprint density at radius 3 is 2.95 bits per heavy atom. The van der Waals surface area contributed by atoms with Gasteiger partial charge in [0.05, 0.1) is 15.7 Å². The van der Waals surface area contributed by atoms with E-state index < -0.39 is 0 Å². The second-order valence-corrected chi connectivity index (χ2v) is 5.52. The third kappa shape index (κ3) is 2.17. The van der Waals surface area contributed by atoms with Gasteiger partial charge in [-0.05, 0) is 30.3 Å². The van der Waals surface area contributed by atoms with Crippen molar-refractivity contribution >= 4 is 44.1 Å². The molecule has 0 spiro atoms. The summed E-state index contributed by atoms with van der Waals surface area (Å²) in [7, 11) is 0. The van der Waals surface area contributed by atoms with E-state index in [1.165, 1.54) is 0 Å². The summed E-state index contributed by atoms with van der Waals surface area (Å²) in [6.07, 6.45) is 0. The molecule has 2 aromatic heterocycles. The lowest BCUT2D eigenvalue weighted by Crippen LogP contribution is -2.10. The highest BCUT2D eigenvalue weighted by Crippen LogP contribution is 2.23. The molecule has 0 atom stereocenters. The molecule has 0 aliphatic heterocycles. The van der Waals surface area contributed by atoms with Gasteiger partial charge in [-0.25, -0.2) is 4.98 Å². The first kappa shape index (κ1) is 12.1. The van der Waals surface area contributed by atoms with E-state index in [4.69, 9.17) is 4.42 Å². The molecule has 4 rings (SSSR count). The zero-order valence-electron chi connectivity index (χ0n) is 10.9. The van der Waals surface area contributed by atoms with Crippen molar-refractivity contribution in [3.8, 4) is 0 Å². The van der Waals surface area contributed by atoms with Crippen molar-refractivity contribution in [2.75, 3.05) is 5.32 Å². The predicted octanol–water partition coefficient (Wildman–Crippen LogP) is 4.29. The van der Waals surface area contributed by atoms with Crippen LogP contribution in [0, 0.1) is 0 Å². The quantitative estimate of drug-likeness (QED) is 0.600. The minimum absolute atomic E-state index is 0.255. The Kier molecular flexibility index (Phi) is 2.72. The van der Waals surface area contributed by atoms with E-state index in [0.29, 0.717) is 11.3 Å². The van der Waals surface area contributed by atoms with Crippen molar-refractivity contribution in [1.29, 1.82) is 0 Å². The Hall–Kier alpha value is -2.66. The summed E-state index contributed by atoms with van der Waals surface area (Å²) in [5.41, 5.74) is 4.16. The standard InChI is InChI=1S/C16H10N2O2S/c19-16(14-7-10-3-1-2-4-13(10)20-14)18-11-5-6-12-15(8-11)21-9-17-12/h1-9H,(H,18,19). The number of thiazole rings is 1. The molecular weight excluding hydrogens is 284 g/mol. The molecule has 21 heavy (non-hydrogen) atoms. The van der Waals surface area contributed by atoms with Gasteiger partial charge in [0.2, 0.25) is 0 Å². The van der Waals surface area contributed by atoms with Crippen molar-refractivity contribution < 1.29 is 9.21 Å². The van der Waals surface area contributed by atoms with Crippen LogP contribution >= 0.6 is 11.3 Å². The molecule has 5 heteroatoms. The van der Waals surface area contributed by atoms with Gasteiger partial charge in [0.15, 0.2) is 5.76 Å². The lowest BCUT2D eigenvalue weighted by molar-refractivity contribution is 0.0998. The van der Waals surface area contributed by atoms with Gasteiger partial charge < -0.3 is 9.73 Å². The van der Waals surface area contributed by atoms with Crippen LogP contribution in [-0.2, 0) is 0 Å². The van der Waals surface area contributed by atoms with Crippen molar-refractivity contribution in [1.82, 2.24) is 4.98 Å². The third-order valence-electron chi connectivity index (χ3n) is 3.24. The van der Waals surface area contributed by atoms with Gasteiger partial charge in [-0.3, -0.25) is 4.79 Å². The van der Waals surface area contributed by atoms with E-state index in [0.717, 1.165) is 21.3 Å². The third-order valence-corrected chi connectivity index (χ3v) is 4.03. The molecule has 102 valence electrons. The number of para-hydroxylation sites is 1. The number of aromatic nitrogens is 1. The molecule has 0 bridgehead atoms. The summed E-state index contributed by atoms with van der Waals surface area (Å²) in [4.78, 5) is 16.5. The van der Waals surface area contributed by atoms with Crippen LogP contribution in [0.4, 0.5) is 5.69 Å². The summed E-state index contributed by atoms with van der Waals surface area (Å²) in [6.45, 7) is 0. The van der Waals surface area contributed by atoms with Crippen LogP contribution < -0.4 is 5.32 Å². The number of rotatable bonds is 2. The maximum absolute atomic E-state index is 12.2. The molecule has 0 fully saturated rings. The zero-order valence-corrected chi connectivity index (χ0v) is 11.7. The van der Waals surface area contributed by atoms with E-state index in [1.54, 1.807) is 22.9 Å². The van der Waals surface area contributed by atoms with E-state index in [2.05, 4.69) is 10.3 Å². The Morgan fingerprint density at radius 1 is 1.14 bits per heavy atom. The number of carbonyl (C=O) groups is 1. The Morgan fingerprint density at radius 2 is 2.05 bits per heavy atom. The van der Waals surface area contributed by atoms with Crippen LogP contribution in [-0.4, -0.2) is 10.9 Å². The van der Waals surface area contributed by atoms with Gasteiger partial charge in [0, 0.05) is 11.1 Å². The monoisotopic (exact) mass is 294 g/mol. The predicted molar refractivity (Wildman–Crippen MR) is 83.8 cm³/mol. The number of hydrogen-bond acceptors (Lipinski definition) is 4. The van der Waals surface area contributed by atoms with Crippen LogP contribution in [0.5, 0.6) is 0 Å². The number of anilines is 1. The number of furan rings is 1. The van der Waals surface area contributed by atoms with E-state index in [-0.39, 0.29) is 5.91 Å². The molecule has 2 aromatic carbocycles. The molecule has 0 radical (unpaired) electrons. The highest BCUT2D eigenvalue weighted by atomic mass is 32.1. The topological polar surface area (TPSA) is 55.1 Å². The average molecular weight is 294 g/mol. The summed E-state index contributed by atoms with van der Waals surface area (Å²) >= 11 is 1.54. The Labute approximate surface area is 124 Å². The Balaban J connectivity index is 1.64. The smallest absolute Gasteiger partial charge is 0.291 e. The van der Waals surface area contributed by atoms with Crippen molar-refractivity contribution in [3.05, 3.63) is 59.8 Å². The summed E-state index contributed by atoms with van der Waals surface area (Å²) in [5, 5.41) is 3.76. The molecule has 0 aliphatic carbocycles. The number of nitrogens with zero attached hydrogens (tertiary/aromatic N) is 1. The van der Waals surface area contributed by atoms with Gasteiger partial charge >= 0.3 is 0 Å². The highest BCUT2D eigenvalue weighted by Gasteiger charge is 2.12. The van der Waals surface area contributed by atoms with Gasteiger partial charge in [0.1, 0.15) is 5.58 Å². The summed E-state index contributed by atoms with van der Waals surface area (Å²) < 4.78 is 6.59. The summed E-state index contributed by atoms with van der Waals surface area (Å²) in [5.74, 6) is 0.0515. The van der Waals surface area contributed by atoms with E-state index >= 15 is 0 Å². The fraction of sp³-hybridized carbons (Fsp3) is 0. The zero-order chi connectivity index (χ0) is 14.2. The molecular formula is C16H10N2O2S. The highest BCUT2D eigenvalue weighted by molar-refractivity contribution is 7.16. The lowest BCUT2D eigenvalue weighted by atomic mass is 10.2. The fourth-order valence-electron chi connectivity index (χ4n) is 2.22. The minimum atomic E-state index is -0.255. The average Bonchev–Trinajstić information content (AvgIpc) is 3.13. The van der Waals surface area contributed by atoms with Crippen LogP contribution in [0.1, 0.15) is 10.6 Å². The second kappa shape index (κ2) is 4.71. The molecule has 0 saturated heterocycles. The minimum Gasteiger partial charge on any atom is -0.451 e.